The fraction of sp³-hybridized carbons (Fsp3) is 1.00. The molecule has 7 heavy (non-hydrogen) atoms. The summed E-state index contributed by atoms with van der Waals surface area (Å²) < 4.78 is -1.61. The number of alkyl halides is 4. The van der Waals surface area contributed by atoms with E-state index in [1.54, 1.807) is 0 Å². The second-order valence-corrected chi connectivity index (χ2v) is 3.86. The molecular weight excluding hydrogens is 188 g/mol. The number of halogens is 4. The Bertz CT molecular complexity index is 27.2. The van der Waals surface area contributed by atoms with E-state index in [4.69, 9.17) is 46.4 Å². The Labute approximate surface area is 86.7 Å². The smallest absolute Gasteiger partial charge is 0.0664 e. The van der Waals surface area contributed by atoms with E-state index in [-0.39, 0.29) is 38.0 Å². The van der Waals surface area contributed by atoms with E-state index >= 15 is 0 Å². The zero-order chi connectivity index (χ0) is 4.50. The van der Waals surface area contributed by atoms with Crippen LogP contribution in [0.1, 0.15) is 0 Å². The summed E-state index contributed by atoms with van der Waals surface area (Å²) in [6.07, 6.45) is 0. The molecule has 0 rings (SSSR count). The minimum atomic E-state index is -1.61. The Hall–Kier alpha value is 2.22. The van der Waals surface area contributed by atoms with E-state index in [1.807, 2.05) is 0 Å². The molecule has 0 aromatic carbocycles. The van der Waals surface area contributed by atoms with Crippen LogP contribution in [0.2, 0.25) is 0 Å². The van der Waals surface area contributed by atoms with E-state index in [0.29, 0.717) is 0 Å². The molecule has 0 unspecified atom stereocenters. The zero-order valence-electron chi connectivity index (χ0n) is 3.01. The fourth-order valence-electron chi connectivity index (χ4n) is 0. The Morgan fingerprint density at radius 3 is 0.857 bits per heavy atom. The summed E-state index contributed by atoms with van der Waals surface area (Å²) in [7, 11) is 0. The van der Waals surface area contributed by atoms with Crippen molar-refractivity contribution in [3.05, 3.63) is 0 Å². The Balaban J connectivity index is -0.0000000800. The van der Waals surface area contributed by atoms with E-state index in [1.165, 1.54) is 0 Å². The Morgan fingerprint density at radius 1 is 0.857 bits per heavy atom. The molecule has 0 saturated heterocycles. The SMILES string of the molecule is ClC(Cl)(Cl)Cl.[BH4-].[Na+]. The van der Waals surface area contributed by atoms with Crippen LogP contribution in [0.25, 0.3) is 0 Å². The van der Waals surface area contributed by atoms with Crippen LogP contribution in [0, 0.1) is 0 Å². The molecule has 0 atom stereocenters. The summed E-state index contributed by atoms with van der Waals surface area (Å²) in [6, 6.07) is 0. The molecule has 0 aliphatic carbocycles. The number of hydrogen-bond donors (Lipinski definition) is 0. The molecule has 40 valence electrons. The average molecular weight is 192 g/mol. The van der Waals surface area contributed by atoms with Crippen molar-refractivity contribution in [2.75, 3.05) is 0 Å². The predicted molar refractivity (Wildman–Crippen MR) is 37.5 cm³/mol. The first-order valence-corrected chi connectivity index (χ1v) is 2.27. The first-order chi connectivity index (χ1) is 2.00. The molecule has 0 N–H and O–H groups in total. The first kappa shape index (κ1) is 16.1. The molecule has 0 fully saturated rings. The molecule has 0 saturated carbocycles. The van der Waals surface area contributed by atoms with Gasteiger partial charge in [0.05, 0.1) is 0 Å². The van der Waals surface area contributed by atoms with Crippen molar-refractivity contribution in [2.45, 2.75) is 3.25 Å². The van der Waals surface area contributed by atoms with Gasteiger partial charge in [-0.3, -0.25) is 0 Å². The van der Waals surface area contributed by atoms with Gasteiger partial charge in [-0.1, -0.05) is 54.8 Å². The van der Waals surface area contributed by atoms with Crippen molar-refractivity contribution in [1.29, 1.82) is 0 Å². The van der Waals surface area contributed by atoms with Gasteiger partial charge in [0.2, 0.25) is 0 Å². The second-order valence-electron chi connectivity index (χ2n) is 0.429. The van der Waals surface area contributed by atoms with Gasteiger partial charge in [0, 0.05) is 0 Å². The third kappa shape index (κ3) is 64.4. The van der Waals surface area contributed by atoms with Crippen molar-refractivity contribution >= 4 is 54.8 Å². The van der Waals surface area contributed by atoms with Crippen LogP contribution in [0.5, 0.6) is 0 Å². The number of hydrogen-bond acceptors (Lipinski definition) is 0. The molecule has 0 aromatic heterocycles. The van der Waals surface area contributed by atoms with Crippen molar-refractivity contribution in [3.63, 3.8) is 0 Å². The zero-order valence-corrected chi connectivity index (χ0v) is 8.04. The maximum atomic E-state index is 4.83. The van der Waals surface area contributed by atoms with Gasteiger partial charge in [0.1, 0.15) is 0 Å². The molecule has 6 heteroatoms. The van der Waals surface area contributed by atoms with Crippen LogP contribution >= 0.6 is 46.4 Å². The second kappa shape index (κ2) is 6.35. The summed E-state index contributed by atoms with van der Waals surface area (Å²) >= 11 is 19.3. The van der Waals surface area contributed by atoms with Crippen LogP contribution in [-0.2, 0) is 0 Å². The van der Waals surface area contributed by atoms with E-state index in [9.17, 15) is 0 Å². The van der Waals surface area contributed by atoms with Crippen LogP contribution in [0.15, 0.2) is 0 Å². The largest absolute Gasteiger partial charge is 1.00 e. The van der Waals surface area contributed by atoms with Crippen molar-refractivity contribution in [3.8, 4) is 0 Å². The van der Waals surface area contributed by atoms with Gasteiger partial charge in [-0.25, -0.2) is 0 Å². The molecular formula is CH4BCl4Na. The first-order valence-electron chi connectivity index (χ1n) is 0.756. The van der Waals surface area contributed by atoms with Crippen molar-refractivity contribution in [2.24, 2.45) is 0 Å². The standard InChI is InChI=1S/CCl4.BH4.Na/c2-1(3,4)5;;/h;1H4;/q;-1;+1. The molecule has 0 spiro atoms. The molecule has 0 amide bonds. The Kier molecular flexibility index (Phi) is 14.6. The summed E-state index contributed by atoms with van der Waals surface area (Å²) in [6.45, 7) is 0. The third-order valence-corrected chi connectivity index (χ3v) is 0. The summed E-state index contributed by atoms with van der Waals surface area (Å²) in [4.78, 5) is 0. The summed E-state index contributed by atoms with van der Waals surface area (Å²) in [5.74, 6) is 0. The molecule has 0 aromatic rings. The normalized spacial score (nSPS) is 8.57. The minimum absolute atomic E-state index is 0. The van der Waals surface area contributed by atoms with Crippen molar-refractivity contribution < 1.29 is 29.6 Å². The third-order valence-electron chi connectivity index (χ3n) is 0. The summed E-state index contributed by atoms with van der Waals surface area (Å²) in [5, 5.41) is 0. The maximum absolute atomic E-state index is 4.83. The van der Waals surface area contributed by atoms with Gasteiger partial charge in [0.15, 0.2) is 0 Å². The van der Waals surface area contributed by atoms with Crippen LogP contribution in [-0.4, -0.2) is 11.7 Å². The number of rotatable bonds is 0. The van der Waals surface area contributed by atoms with Gasteiger partial charge in [-0.2, -0.15) is 0 Å². The average Bonchev–Trinajstić information content (AvgIpc) is 0.722. The van der Waals surface area contributed by atoms with E-state index in [2.05, 4.69) is 0 Å². The molecule has 0 aliphatic heterocycles. The van der Waals surface area contributed by atoms with Gasteiger partial charge < -0.3 is 0 Å². The predicted octanol–water partition coefficient (Wildman–Crippen LogP) is -1.89. The fourth-order valence-corrected chi connectivity index (χ4v) is 0. The minimum Gasteiger partial charge on any atom is -0.0664 e. The van der Waals surface area contributed by atoms with E-state index in [0.717, 1.165) is 0 Å². The van der Waals surface area contributed by atoms with Crippen LogP contribution < -0.4 is 29.6 Å². The molecule has 0 bridgehead atoms. The molecule has 0 aliphatic rings. The van der Waals surface area contributed by atoms with Gasteiger partial charge in [-0.15, -0.1) is 0 Å². The molecule has 0 radical (unpaired) electrons. The van der Waals surface area contributed by atoms with Gasteiger partial charge in [0.25, 0.3) is 3.25 Å². The summed E-state index contributed by atoms with van der Waals surface area (Å²) in [5.41, 5.74) is 0. The quantitative estimate of drug-likeness (QED) is 0.310. The topological polar surface area (TPSA) is 0 Å². The van der Waals surface area contributed by atoms with Crippen molar-refractivity contribution in [1.82, 2.24) is 0 Å². The molecule has 0 heterocycles. The van der Waals surface area contributed by atoms with Crippen LogP contribution in [0.3, 0.4) is 0 Å². The van der Waals surface area contributed by atoms with E-state index < -0.39 is 3.25 Å². The monoisotopic (exact) mass is 190 g/mol. The van der Waals surface area contributed by atoms with Gasteiger partial charge >= 0.3 is 29.6 Å². The Morgan fingerprint density at radius 2 is 0.857 bits per heavy atom. The maximum Gasteiger partial charge on any atom is 1.00 e. The van der Waals surface area contributed by atoms with Crippen LogP contribution in [0.4, 0.5) is 0 Å². The van der Waals surface area contributed by atoms with Gasteiger partial charge in [-0.05, 0) is 0 Å². The molecule has 0 nitrogen and oxygen atoms in total.